The van der Waals surface area contributed by atoms with Gasteiger partial charge < -0.3 is 20.7 Å². The summed E-state index contributed by atoms with van der Waals surface area (Å²) in [5, 5.41) is 15.1. The van der Waals surface area contributed by atoms with Crippen molar-refractivity contribution in [2.24, 2.45) is 0 Å². The minimum atomic E-state index is -0.671. The first-order chi connectivity index (χ1) is 12.5. The van der Waals surface area contributed by atoms with E-state index in [0.29, 0.717) is 5.69 Å². The fraction of sp³-hybridized carbons (Fsp3) is 0.0556. The van der Waals surface area contributed by atoms with Crippen LogP contribution in [0.25, 0.3) is 11.0 Å². The summed E-state index contributed by atoms with van der Waals surface area (Å²) in [6.45, 7) is -0.0423. The van der Waals surface area contributed by atoms with Gasteiger partial charge >= 0.3 is 0 Å². The first kappa shape index (κ1) is 15.8. The number of anilines is 3. The van der Waals surface area contributed by atoms with Gasteiger partial charge in [0.1, 0.15) is 22.9 Å². The Morgan fingerprint density at radius 1 is 1.08 bits per heavy atom. The van der Waals surface area contributed by atoms with Crippen LogP contribution in [-0.4, -0.2) is 15.1 Å². The monoisotopic (exact) mass is 352 g/mol. The second-order valence-electron chi connectivity index (χ2n) is 5.80. The Morgan fingerprint density at radius 2 is 1.88 bits per heavy atom. The zero-order valence-electron chi connectivity index (χ0n) is 13.3. The maximum atomic E-state index is 13.7. The number of nitrogens with zero attached hydrogens (tertiary/aromatic N) is 1. The van der Waals surface area contributed by atoms with E-state index in [1.165, 1.54) is 12.1 Å². The van der Waals surface area contributed by atoms with Gasteiger partial charge in [0.05, 0.1) is 17.4 Å². The molecular weight excluding hydrogens is 339 g/mol. The van der Waals surface area contributed by atoms with Crippen molar-refractivity contribution in [3.8, 4) is 5.75 Å². The summed E-state index contributed by atoms with van der Waals surface area (Å²) < 4.78 is 13.7. The lowest BCUT2D eigenvalue weighted by molar-refractivity contribution is 0.471. The standard InChI is InChI=1S/C18H13FN4O3/c19-12-3-2-11(24)5-9(12)7-20-15-16(18(26)17(15)25)23-10-1-4-13-14(6-10)22-8-21-13/h1-6,8,20,23-24H,7H2,(H,21,22). The van der Waals surface area contributed by atoms with Gasteiger partial charge in [-0.15, -0.1) is 0 Å². The highest BCUT2D eigenvalue weighted by molar-refractivity contribution is 5.84. The second kappa shape index (κ2) is 5.99. The summed E-state index contributed by atoms with van der Waals surface area (Å²) in [5.41, 5.74) is 1.24. The Kier molecular flexibility index (Phi) is 3.65. The van der Waals surface area contributed by atoms with Crippen LogP contribution in [-0.2, 0) is 6.54 Å². The summed E-state index contributed by atoms with van der Waals surface area (Å²) in [5.74, 6) is -0.604. The summed E-state index contributed by atoms with van der Waals surface area (Å²) in [4.78, 5) is 30.8. The van der Waals surface area contributed by atoms with Crippen molar-refractivity contribution in [1.29, 1.82) is 0 Å². The van der Waals surface area contributed by atoms with Crippen LogP contribution >= 0.6 is 0 Å². The number of aromatic nitrogens is 2. The number of H-pyrrole nitrogens is 1. The Balaban J connectivity index is 1.57. The Morgan fingerprint density at radius 3 is 2.73 bits per heavy atom. The number of hydrogen-bond acceptors (Lipinski definition) is 6. The van der Waals surface area contributed by atoms with E-state index in [4.69, 9.17) is 0 Å². The molecule has 1 heterocycles. The molecular formula is C18H13FN4O3. The first-order valence-corrected chi connectivity index (χ1v) is 7.77. The summed E-state index contributed by atoms with van der Waals surface area (Å²) in [6.07, 6.45) is 1.56. The summed E-state index contributed by atoms with van der Waals surface area (Å²) >= 11 is 0. The van der Waals surface area contributed by atoms with E-state index < -0.39 is 16.7 Å². The van der Waals surface area contributed by atoms with Crippen LogP contribution in [0.1, 0.15) is 5.56 Å². The number of aromatic hydroxyl groups is 1. The smallest absolute Gasteiger partial charge is 0.253 e. The van der Waals surface area contributed by atoms with Crippen molar-refractivity contribution in [3.05, 3.63) is 74.6 Å². The largest absolute Gasteiger partial charge is 0.508 e. The molecule has 0 saturated heterocycles. The average molecular weight is 352 g/mol. The molecule has 4 rings (SSSR count). The molecule has 0 saturated carbocycles. The van der Waals surface area contributed by atoms with Crippen molar-refractivity contribution in [2.75, 3.05) is 10.6 Å². The van der Waals surface area contributed by atoms with Crippen molar-refractivity contribution >= 4 is 28.1 Å². The van der Waals surface area contributed by atoms with Crippen molar-refractivity contribution in [1.82, 2.24) is 9.97 Å². The number of fused-ring (bicyclic) bond motifs is 1. The fourth-order valence-corrected chi connectivity index (χ4v) is 2.72. The Labute approximate surface area is 145 Å². The molecule has 0 aliphatic carbocycles. The van der Waals surface area contributed by atoms with Gasteiger partial charge in [-0.25, -0.2) is 9.37 Å². The van der Waals surface area contributed by atoms with Gasteiger partial charge in [0.25, 0.3) is 10.9 Å². The number of halogens is 1. The molecule has 0 bridgehead atoms. The number of rotatable bonds is 5. The molecule has 0 fully saturated rings. The van der Waals surface area contributed by atoms with Gasteiger partial charge in [-0.05, 0) is 36.4 Å². The molecule has 0 amide bonds. The molecule has 7 nitrogen and oxygen atoms in total. The molecule has 0 atom stereocenters. The van der Waals surface area contributed by atoms with Gasteiger partial charge in [0.15, 0.2) is 0 Å². The zero-order chi connectivity index (χ0) is 18.3. The van der Waals surface area contributed by atoms with E-state index in [1.807, 2.05) is 0 Å². The van der Waals surface area contributed by atoms with Crippen molar-refractivity contribution < 1.29 is 9.50 Å². The molecule has 4 N–H and O–H groups in total. The predicted molar refractivity (Wildman–Crippen MR) is 96.1 cm³/mol. The second-order valence-corrected chi connectivity index (χ2v) is 5.80. The van der Waals surface area contributed by atoms with Gasteiger partial charge in [-0.3, -0.25) is 9.59 Å². The third kappa shape index (κ3) is 2.67. The van der Waals surface area contributed by atoms with E-state index in [1.54, 1.807) is 24.5 Å². The van der Waals surface area contributed by atoms with Crippen LogP contribution < -0.4 is 21.5 Å². The predicted octanol–water partition coefficient (Wildman–Crippen LogP) is 2.36. The van der Waals surface area contributed by atoms with Crippen LogP contribution in [0.3, 0.4) is 0 Å². The highest BCUT2D eigenvalue weighted by atomic mass is 19.1. The molecule has 0 aliphatic rings. The first-order valence-electron chi connectivity index (χ1n) is 7.77. The molecule has 0 spiro atoms. The molecule has 4 aromatic rings. The average Bonchev–Trinajstić information content (AvgIpc) is 3.11. The lowest BCUT2D eigenvalue weighted by Gasteiger charge is -2.15. The van der Waals surface area contributed by atoms with E-state index >= 15 is 0 Å². The molecule has 1 aromatic heterocycles. The number of hydrogen-bond donors (Lipinski definition) is 4. The van der Waals surface area contributed by atoms with Gasteiger partial charge in [-0.1, -0.05) is 0 Å². The number of nitrogens with one attached hydrogen (secondary N) is 3. The molecule has 0 unspecified atom stereocenters. The maximum absolute atomic E-state index is 13.7. The Bertz CT molecular complexity index is 1190. The minimum Gasteiger partial charge on any atom is -0.508 e. The van der Waals surface area contributed by atoms with E-state index in [0.717, 1.165) is 17.1 Å². The third-order valence-electron chi connectivity index (χ3n) is 4.08. The molecule has 3 aromatic carbocycles. The lowest BCUT2D eigenvalue weighted by Crippen LogP contribution is -2.36. The van der Waals surface area contributed by atoms with Crippen molar-refractivity contribution in [2.45, 2.75) is 6.54 Å². The van der Waals surface area contributed by atoms with Crippen LogP contribution in [0.2, 0.25) is 0 Å². The minimum absolute atomic E-state index is 0.0423. The molecule has 26 heavy (non-hydrogen) atoms. The number of phenols is 1. The van der Waals surface area contributed by atoms with Crippen LogP contribution in [0.4, 0.5) is 21.5 Å². The normalized spacial score (nSPS) is 11.1. The van der Waals surface area contributed by atoms with Crippen LogP contribution in [0.15, 0.2) is 52.3 Å². The van der Waals surface area contributed by atoms with Crippen LogP contribution in [0.5, 0.6) is 5.75 Å². The lowest BCUT2D eigenvalue weighted by atomic mass is 10.1. The van der Waals surface area contributed by atoms with Crippen molar-refractivity contribution in [3.63, 3.8) is 0 Å². The quantitative estimate of drug-likeness (QED) is 0.411. The Hall–Kier alpha value is -3.68. The highest BCUT2D eigenvalue weighted by Crippen LogP contribution is 2.24. The highest BCUT2D eigenvalue weighted by Gasteiger charge is 2.21. The molecule has 0 aliphatic heterocycles. The number of imidazole rings is 1. The third-order valence-corrected chi connectivity index (χ3v) is 4.08. The summed E-state index contributed by atoms with van der Waals surface area (Å²) in [6, 6.07) is 8.89. The van der Waals surface area contributed by atoms with Gasteiger partial charge in [-0.2, -0.15) is 0 Å². The summed E-state index contributed by atoms with van der Waals surface area (Å²) in [7, 11) is 0. The topological polar surface area (TPSA) is 107 Å². The van der Waals surface area contributed by atoms with E-state index in [2.05, 4.69) is 20.6 Å². The van der Waals surface area contributed by atoms with Gasteiger partial charge in [0, 0.05) is 17.8 Å². The number of phenolic OH excluding ortho intramolecular Hbond substituents is 1. The van der Waals surface area contributed by atoms with Crippen LogP contribution in [0, 0.1) is 5.82 Å². The maximum Gasteiger partial charge on any atom is 0.253 e. The molecule has 0 radical (unpaired) electrons. The molecule has 130 valence electrons. The van der Waals surface area contributed by atoms with E-state index in [9.17, 15) is 19.1 Å². The zero-order valence-corrected chi connectivity index (χ0v) is 13.3. The SMILES string of the molecule is O=c1c(NCc2cc(O)ccc2F)c(Nc2ccc3nc[nH]c3c2)c1=O. The van der Waals surface area contributed by atoms with E-state index in [-0.39, 0.29) is 29.2 Å². The fourth-order valence-electron chi connectivity index (χ4n) is 2.72. The van der Waals surface area contributed by atoms with Gasteiger partial charge in [0.2, 0.25) is 0 Å². The number of benzene rings is 2. The molecule has 8 heteroatoms. The number of aromatic amines is 1.